The van der Waals surface area contributed by atoms with E-state index >= 15 is 0 Å². The van der Waals surface area contributed by atoms with Crippen LogP contribution in [-0.4, -0.2) is 43.2 Å². The van der Waals surface area contributed by atoms with Gasteiger partial charge in [0.05, 0.1) is 26.1 Å². The fraction of sp³-hybridized carbons (Fsp3) is 0.409. The minimum absolute atomic E-state index is 0.0647. The number of quaternary nitrogens is 1. The van der Waals surface area contributed by atoms with Gasteiger partial charge in [-0.15, -0.1) is 0 Å². The van der Waals surface area contributed by atoms with E-state index in [9.17, 15) is 4.79 Å². The number of esters is 1. The van der Waals surface area contributed by atoms with Crippen molar-refractivity contribution in [2.45, 2.75) is 24.9 Å². The van der Waals surface area contributed by atoms with Crippen molar-refractivity contribution < 1.29 is 14.0 Å². The maximum atomic E-state index is 13.2. The Morgan fingerprint density at radius 2 is 1.60 bits per heavy atom. The number of benzene rings is 2. The van der Waals surface area contributed by atoms with E-state index in [-0.39, 0.29) is 18.0 Å². The number of nitrogens with zero attached hydrogens (tertiary/aromatic N) is 1. The van der Waals surface area contributed by atoms with Gasteiger partial charge in [0.2, 0.25) is 0 Å². The molecule has 25 heavy (non-hydrogen) atoms. The standard InChI is InChI=1S/C22H26NO2/c1-23-14-8-13-19(15-23)20(16-23)25-22(24)21(17-9-4-2-5-10-17)18-11-6-3-7-12-18/h2-7,9-12,19-21H,8,13-16H2,1H3/q+1. The number of piperidine rings is 1. The summed E-state index contributed by atoms with van der Waals surface area (Å²) in [6.07, 6.45) is 2.50. The molecule has 0 aromatic heterocycles. The molecule has 3 atom stereocenters. The third-order valence-corrected chi connectivity index (χ3v) is 5.86. The van der Waals surface area contributed by atoms with Gasteiger partial charge in [-0.25, -0.2) is 0 Å². The van der Waals surface area contributed by atoms with Crippen molar-refractivity contribution in [2.75, 3.05) is 26.7 Å². The van der Waals surface area contributed by atoms with Gasteiger partial charge in [0.1, 0.15) is 12.5 Å². The second kappa shape index (κ2) is 6.64. The van der Waals surface area contributed by atoms with E-state index < -0.39 is 0 Å². The van der Waals surface area contributed by atoms with Crippen LogP contribution in [-0.2, 0) is 9.53 Å². The number of carbonyl (C=O) groups is 1. The average molecular weight is 336 g/mol. The number of fused-ring (bicyclic) bond motifs is 2. The summed E-state index contributed by atoms with van der Waals surface area (Å²) in [6, 6.07) is 20.0. The Labute approximate surface area is 149 Å². The Morgan fingerprint density at radius 1 is 1.00 bits per heavy atom. The van der Waals surface area contributed by atoms with Crippen LogP contribution in [0.15, 0.2) is 60.7 Å². The van der Waals surface area contributed by atoms with Crippen molar-refractivity contribution in [3.63, 3.8) is 0 Å². The second-order valence-electron chi connectivity index (χ2n) is 7.84. The van der Waals surface area contributed by atoms with Gasteiger partial charge in [-0.05, 0) is 24.0 Å². The molecule has 0 saturated carbocycles. The van der Waals surface area contributed by atoms with Crippen LogP contribution in [0.5, 0.6) is 0 Å². The summed E-state index contributed by atoms with van der Waals surface area (Å²) in [5.41, 5.74) is 2.00. The smallest absolute Gasteiger partial charge is 0.318 e. The zero-order valence-electron chi connectivity index (χ0n) is 14.8. The summed E-state index contributed by atoms with van der Waals surface area (Å²) < 4.78 is 7.17. The number of ether oxygens (including phenoxy) is 1. The van der Waals surface area contributed by atoms with Crippen LogP contribution < -0.4 is 0 Å². The predicted molar refractivity (Wildman–Crippen MR) is 98.1 cm³/mol. The van der Waals surface area contributed by atoms with E-state index in [0.29, 0.717) is 5.92 Å². The lowest BCUT2D eigenvalue weighted by molar-refractivity contribution is -0.903. The molecule has 3 heteroatoms. The molecule has 4 rings (SSSR count). The molecule has 0 radical (unpaired) electrons. The largest absolute Gasteiger partial charge is 0.455 e. The lowest BCUT2D eigenvalue weighted by atomic mass is 9.91. The summed E-state index contributed by atoms with van der Waals surface area (Å²) >= 11 is 0. The number of hydrogen-bond acceptors (Lipinski definition) is 2. The van der Waals surface area contributed by atoms with Crippen molar-refractivity contribution >= 4 is 5.97 Å². The van der Waals surface area contributed by atoms with Crippen molar-refractivity contribution in [3.8, 4) is 0 Å². The van der Waals surface area contributed by atoms with E-state index in [1.165, 1.54) is 19.4 Å². The van der Waals surface area contributed by atoms with Crippen molar-refractivity contribution in [1.82, 2.24) is 0 Å². The van der Waals surface area contributed by atoms with Crippen LogP contribution in [0.25, 0.3) is 0 Å². The predicted octanol–water partition coefficient (Wildman–Crippen LogP) is 3.60. The molecule has 3 unspecified atom stereocenters. The molecular weight excluding hydrogens is 310 g/mol. The summed E-state index contributed by atoms with van der Waals surface area (Å²) in [5, 5.41) is 0. The highest BCUT2D eigenvalue weighted by molar-refractivity contribution is 5.82. The number of carbonyl (C=O) groups excluding carboxylic acids is 1. The molecule has 0 amide bonds. The molecule has 2 heterocycles. The third kappa shape index (κ3) is 3.34. The van der Waals surface area contributed by atoms with Gasteiger partial charge < -0.3 is 9.22 Å². The van der Waals surface area contributed by atoms with E-state index in [0.717, 1.165) is 28.7 Å². The Balaban J connectivity index is 1.59. The molecular formula is C22H26NO2+. The van der Waals surface area contributed by atoms with E-state index in [1.807, 2.05) is 60.7 Å². The van der Waals surface area contributed by atoms with Crippen LogP contribution in [0.3, 0.4) is 0 Å². The quantitative estimate of drug-likeness (QED) is 0.630. The molecule has 2 aromatic carbocycles. The molecule has 3 nitrogen and oxygen atoms in total. The van der Waals surface area contributed by atoms with Gasteiger partial charge in [0.25, 0.3) is 0 Å². The molecule has 0 spiro atoms. The minimum Gasteiger partial charge on any atom is -0.455 e. The second-order valence-corrected chi connectivity index (χ2v) is 7.84. The van der Waals surface area contributed by atoms with Crippen LogP contribution in [0.2, 0.25) is 0 Å². The molecule has 2 aliphatic rings. The van der Waals surface area contributed by atoms with Gasteiger partial charge in [-0.1, -0.05) is 60.7 Å². The van der Waals surface area contributed by atoms with Crippen molar-refractivity contribution in [2.24, 2.45) is 5.92 Å². The zero-order chi connectivity index (χ0) is 17.3. The fourth-order valence-corrected chi connectivity index (χ4v) is 4.64. The number of likely N-dealkylation sites (N-methyl/N-ethyl adjacent to an activating group) is 1. The topological polar surface area (TPSA) is 26.3 Å². The van der Waals surface area contributed by atoms with E-state index in [1.54, 1.807) is 0 Å². The van der Waals surface area contributed by atoms with Gasteiger partial charge >= 0.3 is 5.97 Å². The first-order valence-corrected chi connectivity index (χ1v) is 9.29. The Kier molecular flexibility index (Phi) is 4.34. The Hall–Kier alpha value is -2.13. The van der Waals surface area contributed by atoms with Crippen LogP contribution in [0, 0.1) is 5.92 Å². The monoisotopic (exact) mass is 336 g/mol. The van der Waals surface area contributed by atoms with Crippen LogP contribution in [0.1, 0.15) is 29.9 Å². The minimum atomic E-state index is -0.344. The maximum absolute atomic E-state index is 13.2. The first-order valence-electron chi connectivity index (χ1n) is 9.29. The van der Waals surface area contributed by atoms with Gasteiger partial charge in [-0.3, -0.25) is 4.79 Å². The fourth-order valence-electron chi connectivity index (χ4n) is 4.64. The highest BCUT2D eigenvalue weighted by atomic mass is 16.5. The molecule has 2 bridgehead atoms. The third-order valence-electron chi connectivity index (χ3n) is 5.86. The summed E-state index contributed by atoms with van der Waals surface area (Å²) in [6.45, 7) is 3.33. The molecule has 0 N–H and O–H groups in total. The van der Waals surface area contributed by atoms with Gasteiger partial charge in [0, 0.05) is 0 Å². The van der Waals surface area contributed by atoms with Crippen LogP contribution >= 0.6 is 0 Å². The van der Waals surface area contributed by atoms with E-state index in [2.05, 4.69) is 7.05 Å². The number of rotatable bonds is 4. The SMILES string of the molecule is C[N+]12CCCC(C1)C(OC(=O)C(c1ccccc1)c1ccccc1)C2. The molecule has 2 fully saturated rings. The van der Waals surface area contributed by atoms with E-state index in [4.69, 9.17) is 4.74 Å². The lowest BCUT2D eigenvalue weighted by Gasteiger charge is -2.32. The molecule has 2 aromatic rings. The molecule has 0 aliphatic carbocycles. The van der Waals surface area contributed by atoms with Crippen LogP contribution in [0.4, 0.5) is 0 Å². The highest BCUT2D eigenvalue weighted by Crippen LogP contribution is 2.35. The Bertz CT molecular complexity index is 691. The molecule has 2 saturated heterocycles. The van der Waals surface area contributed by atoms with Crippen molar-refractivity contribution in [3.05, 3.63) is 71.8 Å². The highest BCUT2D eigenvalue weighted by Gasteiger charge is 2.47. The zero-order valence-corrected chi connectivity index (χ0v) is 14.8. The summed E-state index contributed by atoms with van der Waals surface area (Å²) in [5.74, 6) is 0.0702. The number of hydrogen-bond donors (Lipinski definition) is 0. The summed E-state index contributed by atoms with van der Waals surface area (Å²) in [4.78, 5) is 13.2. The first-order chi connectivity index (χ1) is 12.1. The lowest BCUT2D eigenvalue weighted by Crippen LogP contribution is -2.44. The van der Waals surface area contributed by atoms with Gasteiger partial charge in [0.15, 0.2) is 6.10 Å². The maximum Gasteiger partial charge on any atom is 0.318 e. The summed E-state index contributed by atoms with van der Waals surface area (Å²) in [7, 11) is 2.30. The first kappa shape index (κ1) is 16.3. The van der Waals surface area contributed by atoms with Gasteiger partial charge in [-0.2, -0.15) is 0 Å². The molecule has 2 aliphatic heterocycles. The van der Waals surface area contributed by atoms with Crippen molar-refractivity contribution in [1.29, 1.82) is 0 Å². The Morgan fingerprint density at radius 3 is 2.16 bits per heavy atom. The molecule has 130 valence electrons. The normalized spacial score (nSPS) is 28.1. The average Bonchev–Trinajstić information content (AvgIpc) is 2.84.